The van der Waals surface area contributed by atoms with Crippen LogP contribution in [0, 0.1) is 5.92 Å². The molecule has 2 aromatic carbocycles. The molecule has 29 heavy (non-hydrogen) atoms. The summed E-state index contributed by atoms with van der Waals surface area (Å²) in [5, 5.41) is 5.66. The molecular weight excluding hydrogens is 370 g/mol. The summed E-state index contributed by atoms with van der Waals surface area (Å²) < 4.78 is 5.48. The molecule has 7 nitrogen and oxygen atoms in total. The SMILES string of the molecule is CCC(CC)C(=O)Nc1ccc2c(c1)N(CC(=O)Nc1ccccc1)C(=O)CO2. The Bertz CT molecular complexity index is 894. The average Bonchev–Trinajstić information content (AvgIpc) is 2.72. The predicted molar refractivity (Wildman–Crippen MR) is 112 cm³/mol. The minimum Gasteiger partial charge on any atom is -0.482 e. The van der Waals surface area contributed by atoms with Crippen molar-refractivity contribution in [3.8, 4) is 5.75 Å². The van der Waals surface area contributed by atoms with Gasteiger partial charge in [0.05, 0.1) is 5.69 Å². The van der Waals surface area contributed by atoms with Gasteiger partial charge in [-0.2, -0.15) is 0 Å². The van der Waals surface area contributed by atoms with Gasteiger partial charge in [-0.1, -0.05) is 32.0 Å². The molecule has 1 aliphatic heterocycles. The van der Waals surface area contributed by atoms with E-state index in [1.165, 1.54) is 4.90 Å². The number of benzene rings is 2. The lowest BCUT2D eigenvalue weighted by molar-refractivity contribution is -0.123. The maximum atomic E-state index is 12.5. The topological polar surface area (TPSA) is 87.7 Å². The molecule has 0 bridgehead atoms. The van der Waals surface area contributed by atoms with Crippen LogP contribution in [0.15, 0.2) is 48.5 Å². The molecule has 2 N–H and O–H groups in total. The summed E-state index contributed by atoms with van der Waals surface area (Å²) in [6.07, 6.45) is 1.50. The van der Waals surface area contributed by atoms with Crippen molar-refractivity contribution in [2.24, 2.45) is 5.92 Å². The highest BCUT2D eigenvalue weighted by molar-refractivity contribution is 6.05. The van der Waals surface area contributed by atoms with Crippen molar-refractivity contribution in [2.45, 2.75) is 26.7 Å². The molecule has 2 aromatic rings. The zero-order chi connectivity index (χ0) is 20.8. The van der Waals surface area contributed by atoms with E-state index >= 15 is 0 Å². The number of carbonyl (C=O) groups is 3. The van der Waals surface area contributed by atoms with Crippen LogP contribution in [0.1, 0.15) is 26.7 Å². The van der Waals surface area contributed by atoms with Crippen molar-refractivity contribution < 1.29 is 19.1 Å². The Kier molecular flexibility index (Phi) is 6.49. The number of carbonyl (C=O) groups excluding carboxylic acids is 3. The maximum absolute atomic E-state index is 12.5. The van der Waals surface area contributed by atoms with Gasteiger partial charge in [0.2, 0.25) is 11.8 Å². The molecule has 7 heteroatoms. The number of hydrogen-bond donors (Lipinski definition) is 2. The second-order valence-electron chi connectivity index (χ2n) is 6.87. The summed E-state index contributed by atoms with van der Waals surface area (Å²) in [7, 11) is 0. The van der Waals surface area contributed by atoms with Crippen molar-refractivity contribution >= 4 is 34.8 Å². The number of fused-ring (bicyclic) bond motifs is 1. The van der Waals surface area contributed by atoms with E-state index in [9.17, 15) is 14.4 Å². The minimum absolute atomic E-state index is 0.0635. The standard InChI is InChI=1S/C22H25N3O4/c1-3-15(4-2)22(28)24-17-10-11-19-18(12-17)25(21(27)14-29-19)13-20(26)23-16-8-6-5-7-9-16/h5-12,15H,3-4,13-14H2,1-2H3,(H,23,26)(H,24,28). The zero-order valence-electron chi connectivity index (χ0n) is 16.6. The van der Waals surface area contributed by atoms with Gasteiger partial charge in [0.15, 0.2) is 6.61 Å². The van der Waals surface area contributed by atoms with Gasteiger partial charge >= 0.3 is 0 Å². The highest BCUT2D eigenvalue weighted by Gasteiger charge is 2.28. The number of ether oxygens (including phenoxy) is 1. The van der Waals surface area contributed by atoms with Crippen LogP contribution in [-0.2, 0) is 14.4 Å². The number of anilines is 3. The first-order valence-corrected chi connectivity index (χ1v) is 9.74. The Morgan fingerprint density at radius 1 is 1.03 bits per heavy atom. The number of nitrogens with one attached hydrogen (secondary N) is 2. The molecular formula is C22H25N3O4. The molecule has 0 unspecified atom stereocenters. The fraction of sp³-hybridized carbons (Fsp3) is 0.318. The van der Waals surface area contributed by atoms with Crippen molar-refractivity contribution in [3.05, 3.63) is 48.5 Å². The van der Waals surface area contributed by atoms with Crippen LogP contribution in [-0.4, -0.2) is 30.9 Å². The van der Waals surface area contributed by atoms with E-state index in [1.807, 2.05) is 32.0 Å². The largest absolute Gasteiger partial charge is 0.482 e. The molecule has 1 aliphatic rings. The van der Waals surface area contributed by atoms with E-state index < -0.39 is 0 Å². The summed E-state index contributed by atoms with van der Waals surface area (Å²) >= 11 is 0. The van der Waals surface area contributed by atoms with Crippen LogP contribution in [0.3, 0.4) is 0 Å². The third-order valence-corrected chi connectivity index (χ3v) is 4.89. The third kappa shape index (κ3) is 4.93. The quantitative estimate of drug-likeness (QED) is 0.752. The smallest absolute Gasteiger partial charge is 0.265 e. The van der Waals surface area contributed by atoms with Crippen LogP contribution in [0.4, 0.5) is 17.1 Å². The number of hydrogen-bond acceptors (Lipinski definition) is 4. The fourth-order valence-electron chi connectivity index (χ4n) is 3.22. The number of amides is 3. The van der Waals surface area contributed by atoms with Gasteiger partial charge in [0.25, 0.3) is 5.91 Å². The molecule has 0 spiro atoms. The predicted octanol–water partition coefficient (Wildman–Crippen LogP) is 3.43. The normalized spacial score (nSPS) is 12.9. The molecule has 0 fully saturated rings. The van der Waals surface area contributed by atoms with E-state index in [-0.39, 0.29) is 36.8 Å². The average molecular weight is 395 g/mol. The first kappa shape index (κ1) is 20.4. The van der Waals surface area contributed by atoms with E-state index in [2.05, 4.69) is 10.6 Å². The van der Waals surface area contributed by atoms with Gasteiger partial charge in [-0.25, -0.2) is 0 Å². The Balaban J connectivity index is 1.77. The summed E-state index contributed by atoms with van der Waals surface area (Å²) in [6, 6.07) is 14.1. The zero-order valence-corrected chi connectivity index (χ0v) is 16.6. The molecule has 0 aromatic heterocycles. The molecule has 0 radical (unpaired) electrons. The summed E-state index contributed by atoms with van der Waals surface area (Å²) in [4.78, 5) is 38.6. The van der Waals surface area contributed by atoms with Crippen LogP contribution in [0.25, 0.3) is 0 Å². The molecule has 0 saturated carbocycles. The highest BCUT2D eigenvalue weighted by Crippen LogP contribution is 2.34. The number of nitrogens with zero attached hydrogens (tertiary/aromatic N) is 1. The molecule has 1 heterocycles. The Hall–Kier alpha value is -3.35. The van der Waals surface area contributed by atoms with E-state index in [0.29, 0.717) is 22.8 Å². The van der Waals surface area contributed by atoms with Gasteiger partial charge in [0.1, 0.15) is 12.3 Å². The first-order valence-electron chi connectivity index (χ1n) is 9.74. The van der Waals surface area contributed by atoms with Crippen molar-refractivity contribution in [1.82, 2.24) is 0 Å². The van der Waals surface area contributed by atoms with Crippen molar-refractivity contribution in [1.29, 1.82) is 0 Å². The lowest BCUT2D eigenvalue weighted by Gasteiger charge is -2.29. The van der Waals surface area contributed by atoms with Crippen molar-refractivity contribution in [2.75, 3.05) is 28.7 Å². The van der Waals surface area contributed by atoms with E-state index in [0.717, 1.165) is 12.8 Å². The van der Waals surface area contributed by atoms with Crippen LogP contribution in [0.5, 0.6) is 5.75 Å². The highest BCUT2D eigenvalue weighted by atomic mass is 16.5. The van der Waals surface area contributed by atoms with Gasteiger partial charge in [0, 0.05) is 17.3 Å². The van der Waals surface area contributed by atoms with Gasteiger partial charge in [-0.3, -0.25) is 19.3 Å². The second kappa shape index (κ2) is 9.23. The van der Waals surface area contributed by atoms with Gasteiger partial charge in [-0.05, 0) is 43.2 Å². The fourth-order valence-corrected chi connectivity index (χ4v) is 3.22. The number of rotatable bonds is 7. The van der Waals surface area contributed by atoms with Crippen LogP contribution >= 0.6 is 0 Å². The monoisotopic (exact) mass is 395 g/mol. The van der Waals surface area contributed by atoms with Crippen LogP contribution < -0.4 is 20.3 Å². The summed E-state index contributed by atoms with van der Waals surface area (Å²) in [5.74, 6) is -0.270. The number of para-hydroxylation sites is 1. The maximum Gasteiger partial charge on any atom is 0.265 e. The molecule has 0 saturated heterocycles. The van der Waals surface area contributed by atoms with Crippen molar-refractivity contribution in [3.63, 3.8) is 0 Å². The van der Waals surface area contributed by atoms with Crippen LogP contribution in [0.2, 0.25) is 0 Å². The summed E-state index contributed by atoms with van der Waals surface area (Å²) in [5.41, 5.74) is 1.68. The Labute approximate surface area is 170 Å². The third-order valence-electron chi connectivity index (χ3n) is 4.89. The Morgan fingerprint density at radius 2 is 1.76 bits per heavy atom. The molecule has 0 atom stereocenters. The molecule has 3 amide bonds. The lowest BCUT2D eigenvalue weighted by Crippen LogP contribution is -2.43. The molecule has 152 valence electrons. The molecule has 3 rings (SSSR count). The van der Waals surface area contributed by atoms with E-state index in [4.69, 9.17) is 4.74 Å². The Morgan fingerprint density at radius 3 is 2.45 bits per heavy atom. The minimum atomic E-state index is -0.316. The second-order valence-corrected chi connectivity index (χ2v) is 6.87. The van der Waals surface area contributed by atoms with Gasteiger partial charge < -0.3 is 15.4 Å². The summed E-state index contributed by atoms with van der Waals surface area (Å²) in [6.45, 7) is 3.67. The first-order chi connectivity index (χ1) is 14.0. The molecule has 0 aliphatic carbocycles. The van der Waals surface area contributed by atoms with E-state index in [1.54, 1.807) is 30.3 Å². The lowest BCUT2D eigenvalue weighted by atomic mass is 10.0. The van der Waals surface area contributed by atoms with Gasteiger partial charge in [-0.15, -0.1) is 0 Å².